The second-order valence-electron chi connectivity index (χ2n) is 4.01. The Morgan fingerprint density at radius 2 is 2.31 bits per heavy atom. The van der Waals surface area contributed by atoms with Gasteiger partial charge in [-0.05, 0) is 19.4 Å². The van der Waals surface area contributed by atoms with Gasteiger partial charge in [-0.25, -0.2) is 4.79 Å². The molecule has 0 spiro atoms. The first kappa shape index (κ1) is 12.7. The summed E-state index contributed by atoms with van der Waals surface area (Å²) in [6, 6.07) is 1.61. The Kier molecular flexibility index (Phi) is 4.09. The molecule has 90 valence electrons. The fourth-order valence-corrected chi connectivity index (χ4v) is 1.26. The van der Waals surface area contributed by atoms with E-state index in [9.17, 15) is 9.90 Å². The van der Waals surface area contributed by atoms with Crippen LogP contribution in [0.3, 0.4) is 0 Å². The molecular weight excluding hydrogens is 210 g/mol. The maximum atomic E-state index is 10.8. The van der Waals surface area contributed by atoms with Crippen molar-refractivity contribution in [3.05, 3.63) is 23.7 Å². The van der Waals surface area contributed by atoms with Gasteiger partial charge in [-0.3, -0.25) is 0 Å². The Morgan fingerprint density at radius 3 is 2.81 bits per heavy atom. The van der Waals surface area contributed by atoms with Crippen molar-refractivity contribution in [3.63, 3.8) is 0 Å². The van der Waals surface area contributed by atoms with Crippen molar-refractivity contribution in [3.8, 4) is 0 Å². The molecule has 0 aliphatic heterocycles. The summed E-state index contributed by atoms with van der Waals surface area (Å²) in [4.78, 5) is 10.8. The van der Waals surface area contributed by atoms with Gasteiger partial charge in [0.25, 0.3) is 0 Å². The van der Waals surface area contributed by atoms with E-state index >= 15 is 0 Å². The van der Waals surface area contributed by atoms with E-state index in [1.807, 2.05) is 13.8 Å². The molecule has 1 aromatic rings. The number of rotatable bonds is 6. The molecule has 0 aromatic carbocycles. The van der Waals surface area contributed by atoms with Crippen molar-refractivity contribution < 1.29 is 19.4 Å². The standard InChI is InChI=1S/C11H17NO4/c1-3-11(2,7-13)12-6-8-4-5-16-9(8)10(14)15/h4-5,12-13H,3,6-7H2,1-2H3,(H,14,15). The van der Waals surface area contributed by atoms with Crippen molar-refractivity contribution in [2.45, 2.75) is 32.4 Å². The van der Waals surface area contributed by atoms with E-state index in [0.717, 1.165) is 6.42 Å². The van der Waals surface area contributed by atoms with Crippen LogP contribution in [-0.4, -0.2) is 28.3 Å². The quantitative estimate of drug-likeness (QED) is 0.680. The van der Waals surface area contributed by atoms with Gasteiger partial charge in [-0.1, -0.05) is 6.92 Å². The molecule has 16 heavy (non-hydrogen) atoms. The summed E-state index contributed by atoms with van der Waals surface area (Å²) in [5.74, 6) is -1.13. The number of aromatic carboxylic acids is 1. The number of aliphatic hydroxyl groups is 1. The van der Waals surface area contributed by atoms with Crippen LogP contribution in [0.25, 0.3) is 0 Å². The SMILES string of the molecule is CCC(C)(CO)NCc1ccoc1C(=O)O. The molecule has 5 nitrogen and oxygen atoms in total. The van der Waals surface area contributed by atoms with Crippen molar-refractivity contribution in [1.29, 1.82) is 0 Å². The summed E-state index contributed by atoms with van der Waals surface area (Å²) in [5, 5.41) is 21.1. The van der Waals surface area contributed by atoms with E-state index in [4.69, 9.17) is 9.52 Å². The first-order valence-electron chi connectivity index (χ1n) is 5.18. The van der Waals surface area contributed by atoms with E-state index in [-0.39, 0.29) is 12.4 Å². The molecule has 0 aliphatic carbocycles. The van der Waals surface area contributed by atoms with Crippen molar-refractivity contribution in [2.75, 3.05) is 6.61 Å². The number of carboxylic acids is 1. The van der Waals surface area contributed by atoms with E-state index in [1.165, 1.54) is 6.26 Å². The smallest absolute Gasteiger partial charge is 0.372 e. The summed E-state index contributed by atoms with van der Waals surface area (Å²) in [6.07, 6.45) is 2.10. The average molecular weight is 227 g/mol. The van der Waals surface area contributed by atoms with E-state index in [1.54, 1.807) is 6.07 Å². The number of nitrogens with one attached hydrogen (secondary N) is 1. The lowest BCUT2D eigenvalue weighted by molar-refractivity contribution is 0.0660. The third-order valence-corrected chi connectivity index (χ3v) is 2.78. The first-order chi connectivity index (χ1) is 7.52. The lowest BCUT2D eigenvalue weighted by atomic mass is 10.00. The zero-order valence-corrected chi connectivity index (χ0v) is 9.49. The molecule has 0 bridgehead atoms. The van der Waals surface area contributed by atoms with Crippen LogP contribution < -0.4 is 5.32 Å². The Hall–Kier alpha value is -1.33. The number of carboxylic acid groups (broad SMARTS) is 1. The summed E-state index contributed by atoms with van der Waals surface area (Å²) in [7, 11) is 0. The van der Waals surface area contributed by atoms with Crippen molar-refractivity contribution in [1.82, 2.24) is 5.32 Å². The highest BCUT2D eigenvalue weighted by Gasteiger charge is 2.21. The van der Waals surface area contributed by atoms with Crippen LogP contribution in [0.1, 0.15) is 36.4 Å². The van der Waals surface area contributed by atoms with Crippen LogP contribution in [0.5, 0.6) is 0 Å². The summed E-state index contributed by atoms with van der Waals surface area (Å²) in [6.45, 7) is 4.21. The third-order valence-electron chi connectivity index (χ3n) is 2.78. The lowest BCUT2D eigenvalue weighted by Gasteiger charge is -2.27. The molecule has 0 radical (unpaired) electrons. The van der Waals surface area contributed by atoms with Gasteiger partial charge in [0.05, 0.1) is 12.9 Å². The highest BCUT2D eigenvalue weighted by Crippen LogP contribution is 2.14. The van der Waals surface area contributed by atoms with Gasteiger partial charge in [-0.15, -0.1) is 0 Å². The summed E-state index contributed by atoms with van der Waals surface area (Å²) >= 11 is 0. The minimum absolute atomic E-state index is 0.00373. The largest absolute Gasteiger partial charge is 0.475 e. The molecule has 3 N–H and O–H groups in total. The fourth-order valence-electron chi connectivity index (χ4n) is 1.26. The molecule has 1 aromatic heterocycles. The van der Waals surface area contributed by atoms with Gasteiger partial charge in [0.2, 0.25) is 5.76 Å². The Labute approximate surface area is 94.1 Å². The molecular formula is C11H17NO4. The molecule has 1 heterocycles. The molecule has 1 rings (SSSR count). The molecule has 0 amide bonds. The summed E-state index contributed by atoms with van der Waals surface area (Å²) < 4.78 is 4.86. The van der Waals surface area contributed by atoms with Crippen LogP contribution in [0.4, 0.5) is 0 Å². The van der Waals surface area contributed by atoms with Crippen LogP contribution in [0.15, 0.2) is 16.7 Å². The second kappa shape index (κ2) is 5.14. The van der Waals surface area contributed by atoms with E-state index in [0.29, 0.717) is 12.1 Å². The molecule has 1 atom stereocenters. The number of hydrogen-bond donors (Lipinski definition) is 3. The second-order valence-corrected chi connectivity index (χ2v) is 4.01. The highest BCUT2D eigenvalue weighted by molar-refractivity contribution is 5.86. The van der Waals surface area contributed by atoms with Crippen LogP contribution in [0, 0.1) is 0 Å². The minimum Gasteiger partial charge on any atom is -0.475 e. The van der Waals surface area contributed by atoms with Crippen LogP contribution >= 0.6 is 0 Å². The van der Waals surface area contributed by atoms with Crippen molar-refractivity contribution in [2.24, 2.45) is 0 Å². The number of hydrogen-bond acceptors (Lipinski definition) is 4. The topological polar surface area (TPSA) is 82.7 Å². The average Bonchev–Trinajstić information content (AvgIpc) is 2.74. The van der Waals surface area contributed by atoms with Gasteiger partial charge < -0.3 is 19.9 Å². The number of aliphatic hydroxyl groups excluding tert-OH is 1. The Morgan fingerprint density at radius 1 is 1.62 bits per heavy atom. The highest BCUT2D eigenvalue weighted by atomic mass is 16.4. The molecule has 0 fully saturated rings. The fraction of sp³-hybridized carbons (Fsp3) is 0.545. The van der Waals surface area contributed by atoms with Gasteiger partial charge in [0.1, 0.15) is 0 Å². The monoisotopic (exact) mass is 227 g/mol. The number of carbonyl (C=O) groups is 1. The van der Waals surface area contributed by atoms with E-state index in [2.05, 4.69) is 5.32 Å². The lowest BCUT2D eigenvalue weighted by Crippen LogP contribution is -2.44. The molecule has 0 saturated carbocycles. The predicted octanol–water partition coefficient (Wildman–Crippen LogP) is 1.23. The van der Waals surface area contributed by atoms with E-state index < -0.39 is 11.5 Å². The Balaban J connectivity index is 2.67. The molecule has 0 aliphatic rings. The maximum Gasteiger partial charge on any atom is 0.372 e. The van der Waals surface area contributed by atoms with Gasteiger partial charge in [0, 0.05) is 17.6 Å². The molecule has 5 heteroatoms. The van der Waals surface area contributed by atoms with Crippen LogP contribution in [0.2, 0.25) is 0 Å². The van der Waals surface area contributed by atoms with Gasteiger partial charge >= 0.3 is 5.97 Å². The summed E-state index contributed by atoms with van der Waals surface area (Å²) in [5.41, 5.74) is 0.188. The van der Waals surface area contributed by atoms with Gasteiger partial charge in [-0.2, -0.15) is 0 Å². The van der Waals surface area contributed by atoms with Crippen molar-refractivity contribution >= 4 is 5.97 Å². The Bertz CT molecular complexity index is 355. The predicted molar refractivity (Wildman–Crippen MR) is 58.3 cm³/mol. The zero-order chi connectivity index (χ0) is 12.2. The normalized spacial score (nSPS) is 14.7. The number of furan rings is 1. The first-order valence-corrected chi connectivity index (χ1v) is 5.18. The zero-order valence-electron chi connectivity index (χ0n) is 9.49. The molecule has 1 unspecified atom stereocenters. The van der Waals surface area contributed by atoms with Crippen LogP contribution in [-0.2, 0) is 6.54 Å². The maximum absolute atomic E-state index is 10.8. The third kappa shape index (κ3) is 2.84. The molecule has 0 saturated heterocycles. The van der Waals surface area contributed by atoms with Gasteiger partial charge in [0.15, 0.2) is 0 Å². The minimum atomic E-state index is -1.08.